The van der Waals surface area contributed by atoms with Gasteiger partial charge in [0, 0.05) is 11.6 Å². The van der Waals surface area contributed by atoms with E-state index in [1.54, 1.807) is 30.3 Å². The first-order valence-electron chi connectivity index (χ1n) is 7.00. The van der Waals surface area contributed by atoms with Crippen LogP contribution in [-0.2, 0) is 0 Å². The Bertz CT molecular complexity index is 734. The van der Waals surface area contributed by atoms with Crippen molar-refractivity contribution in [2.75, 3.05) is 11.9 Å². The van der Waals surface area contributed by atoms with Crippen molar-refractivity contribution in [1.82, 2.24) is 0 Å². The largest absolute Gasteiger partial charge is 0.492 e. The zero-order valence-electron chi connectivity index (χ0n) is 12.4. The van der Waals surface area contributed by atoms with Crippen LogP contribution < -0.4 is 10.1 Å². The number of hydrogen-bond acceptors (Lipinski definition) is 4. The summed E-state index contributed by atoms with van der Waals surface area (Å²) in [6, 6.07) is 10.9. The van der Waals surface area contributed by atoms with Gasteiger partial charge >= 0.3 is 0 Å². The first-order chi connectivity index (χ1) is 11.0. The maximum atomic E-state index is 12.3. The number of nitrogens with zero attached hydrogens (tertiary/aromatic N) is 1. The Morgan fingerprint density at radius 3 is 2.70 bits per heavy atom. The number of carbonyl (C=O) groups is 1. The van der Waals surface area contributed by atoms with Crippen molar-refractivity contribution in [2.45, 2.75) is 13.3 Å². The number of benzene rings is 2. The lowest BCUT2D eigenvalue weighted by Gasteiger charge is -2.09. The van der Waals surface area contributed by atoms with Crippen LogP contribution in [0.15, 0.2) is 46.9 Å². The van der Waals surface area contributed by atoms with E-state index in [9.17, 15) is 14.9 Å². The van der Waals surface area contributed by atoms with Gasteiger partial charge in [0.2, 0.25) is 0 Å². The molecule has 23 heavy (non-hydrogen) atoms. The molecule has 0 spiro atoms. The number of para-hydroxylation sites is 2. The zero-order valence-corrected chi connectivity index (χ0v) is 14.0. The van der Waals surface area contributed by atoms with Crippen LogP contribution in [0.25, 0.3) is 0 Å². The molecule has 1 N–H and O–H groups in total. The van der Waals surface area contributed by atoms with Crippen molar-refractivity contribution in [3.63, 3.8) is 0 Å². The Hall–Kier alpha value is -2.41. The highest BCUT2D eigenvalue weighted by atomic mass is 79.9. The molecular weight excluding hydrogens is 364 g/mol. The van der Waals surface area contributed by atoms with Crippen LogP contribution in [0.3, 0.4) is 0 Å². The lowest BCUT2D eigenvalue weighted by Crippen LogP contribution is -2.13. The number of ether oxygens (including phenoxy) is 1. The number of rotatable bonds is 6. The van der Waals surface area contributed by atoms with Crippen molar-refractivity contribution < 1.29 is 14.5 Å². The third kappa shape index (κ3) is 4.29. The fourth-order valence-electron chi connectivity index (χ4n) is 1.90. The molecule has 0 aromatic heterocycles. The van der Waals surface area contributed by atoms with Gasteiger partial charge in [0.15, 0.2) is 0 Å². The van der Waals surface area contributed by atoms with Gasteiger partial charge in [-0.05, 0) is 46.6 Å². The van der Waals surface area contributed by atoms with Crippen molar-refractivity contribution in [3.05, 3.63) is 62.6 Å². The molecule has 6 nitrogen and oxygen atoms in total. The number of halogens is 1. The second kappa shape index (κ2) is 7.73. The van der Waals surface area contributed by atoms with E-state index >= 15 is 0 Å². The Balaban J connectivity index is 2.18. The third-order valence-corrected chi connectivity index (χ3v) is 3.62. The van der Waals surface area contributed by atoms with Crippen molar-refractivity contribution in [3.8, 4) is 5.75 Å². The molecule has 0 fully saturated rings. The maximum absolute atomic E-state index is 12.3. The van der Waals surface area contributed by atoms with E-state index in [1.807, 2.05) is 6.92 Å². The van der Waals surface area contributed by atoms with E-state index in [4.69, 9.17) is 4.74 Å². The Morgan fingerprint density at radius 2 is 2.04 bits per heavy atom. The summed E-state index contributed by atoms with van der Waals surface area (Å²) < 4.78 is 6.18. The number of anilines is 1. The molecule has 0 saturated carbocycles. The Kier molecular flexibility index (Phi) is 5.70. The van der Waals surface area contributed by atoms with Gasteiger partial charge in [-0.15, -0.1) is 0 Å². The van der Waals surface area contributed by atoms with Crippen LogP contribution in [0.4, 0.5) is 11.4 Å². The van der Waals surface area contributed by atoms with Crippen molar-refractivity contribution in [2.24, 2.45) is 0 Å². The minimum absolute atomic E-state index is 0.150. The highest BCUT2D eigenvalue weighted by Gasteiger charge is 2.16. The first kappa shape index (κ1) is 17.0. The lowest BCUT2D eigenvalue weighted by atomic mass is 10.2. The smallest absolute Gasteiger partial charge is 0.292 e. The number of nitrogens with one attached hydrogen (secondary N) is 1. The van der Waals surface area contributed by atoms with Crippen LogP contribution in [-0.4, -0.2) is 17.4 Å². The maximum Gasteiger partial charge on any atom is 0.292 e. The molecule has 0 bridgehead atoms. The van der Waals surface area contributed by atoms with Gasteiger partial charge in [-0.2, -0.15) is 0 Å². The first-order valence-corrected chi connectivity index (χ1v) is 7.79. The van der Waals surface area contributed by atoms with Crippen LogP contribution in [0.2, 0.25) is 0 Å². The molecule has 7 heteroatoms. The Labute approximate surface area is 141 Å². The van der Waals surface area contributed by atoms with Crippen molar-refractivity contribution >= 4 is 33.2 Å². The lowest BCUT2D eigenvalue weighted by molar-refractivity contribution is -0.383. The minimum Gasteiger partial charge on any atom is -0.492 e. The summed E-state index contributed by atoms with van der Waals surface area (Å²) in [5.74, 6) is 0.219. The fourth-order valence-corrected chi connectivity index (χ4v) is 2.40. The molecular formula is C16H15BrN2O4. The molecule has 0 saturated heterocycles. The van der Waals surface area contributed by atoms with Gasteiger partial charge in [0.1, 0.15) is 11.4 Å². The number of hydrogen-bond donors (Lipinski definition) is 1. The van der Waals surface area contributed by atoms with Gasteiger partial charge in [-0.1, -0.05) is 19.1 Å². The standard InChI is InChI=1S/C16H15BrN2O4/c1-2-9-23-15-8-7-11(10-12(15)17)16(20)18-13-5-3-4-6-14(13)19(21)22/h3-8,10H,2,9H2,1H3,(H,18,20). The Morgan fingerprint density at radius 1 is 1.30 bits per heavy atom. The third-order valence-electron chi connectivity index (χ3n) is 3.00. The molecule has 0 atom stereocenters. The van der Waals surface area contributed by atoms with Gasteiger partial charge in [-0.25, -0.2) is 0 Å². The molecule has 2 aromatic carbocycles. The van der Waals surface area contributed by atoms with Gasteiger partial charge in [0.25, 0.3) is 11.6 Å². The van der Waals surface area contributed by atoms with E-state index in [0.29, 0.717) is 22.4 Å². The van der Waals surface area contributed by atoms with E-state index in [0.717, 1.165) is 6.42 Å². The normalized spacial score (nSPS) is 10.2. The highest BCUT2D eigenvalue weighted by molar-refractivity contribution is 9.10. The molecule has 2 rings (SSSR count). The van der Waals surface area contributed by atoms with E-state index in [1.165, 1.54) is 12.1 Å². The van der Waals surface area contributed by atoms with E-state index in [-0.39, 0.29) is 11.4 Å². The zero-order chi connectivity index (χ0) is 16.8. The number of amides is 1. The van der Waals surface area contributed by atoms with E-state index in [2.05, 4.69) is 21.2 Å². The number of carbonyl (C=O) groups excluding carboxylic acids is 1. The van der Waals surface area contributed by atoms with Gasteiger partial charge in [-0.3, -0.25) is 14.9 Å². The molecule has 2 aromatic rings. The van der Waals surface area contributed by atoms with E-state index < -0.39 is 10.8 Å². The summed E-state index contributed by atoms with van der Waals surface area (Å²) in [7, 11) is 0. The molecule has 120 valence electrons. The summed E-state index contributed by atoms with van der Waals surface area (Å²) >= 11 is 3.36. The topological polar surface area (TPSA) is 81.5 Å². The molecule has 0 heterocycles. The molecule has 0 radical (unpaired) electrons. The van der Waals surface area contributed by atoms with Crippen molar-refractivity contribution in [1.29, 1.82) is 0 Å². The van der Waals surface area contributed by atoms with Crippen LogP contribution >= 0.6 is 15.9 Å². The summed E-state index contributed by atoms with van der Waals surface area (Å²) in [5, 5.41) is 13.5. The van der Waals surface area contributed by atoms with Crippen LogP contribution in [0, 0.1) is 10.1 Å². The monoisotopic (exact) mass is 378 g/mol. The second-order valence-corrected chi connectivity index (χ2v) is 5.58. The SMILES string of the molecule is CCCOc1ccc(C(=O)Nc2ccccc2[N+](=O)[O-])cc1Br. The van der Waals surface area contributed by atoms with Crippen LogP contribution in [0.5, 0.6) is 5.75 Å². The van der Waals surface area contributed by atoms with Gasteiger partial charge in [0.05, 0.1) is 16.0 Å². The average Bonchev–Trinajstić information content (AvgIpc) is 2.54. The second-order valence-electron chi connectivity index (χ2n) is 4.72. The number of nitro groups is 1. The predicted octanol–water partition coefficient (Wildman–Crippen LogP) is 4.40. The highest BCUT2D eigenvalue weighted by Crippen LogP contribution is 2.28. The summed E-state index contributed by atoms with van der Waals surface area (Å²) in [6.07, 6.45) is 0.881. The number of nitro benzene ring substituents is 1. The quantitative estimate of drug-likeness (QED) is 0.596. The van der Waals surface area contributed by atoms with Crippen LogP contribution in [0.1, 0.15) is 23.7 Å². The predicted molar refractivity (Wildman–Crippen MR) is 91.0 cm³/mol. The molecule has 1 amide bonds. The molecule has 0 aliphatic heterocycles. The summed E-state index contributed by atoms with van der Waals surface area (Å²) in [4.78, 5) is 22.7. The summed E-state index contributed by atoms with van der Waals surface area (Å²) in [5.41, 5.74) is 0.381. The van der Waals surface area contributed by atoms with Gasteiger partial charge < -0.3 is 10.1 Å². The molecule has 0 unspecified atom stereocenters. The summed E-state index contributed by atoms with van der Waals surface area (Å²) in [6.45, 7) is 2.59. The molecule has 0 aliphatic rings. The fraction of sp³-hybridized carbons (Fsp3) is 0.188. The molecule has 0 aliphatic carbocycles. The average molecular weight is 379 g/mol. The minimum atomic E-state index is -0.535.